The second kappa shape index (κ2) is 4.90. The van der Waals surface area contributed by atoms with E-state index in [1.54, 1.807) is 12.1 Å². The highest BCUT2D eigenvalue weighted by molar-refractivity contribution is 9.10. The summed E-state index contributed by atoms with van der Waals surface area (Å²) in [6.45, 7) is 8.21. The molecule has 0 aliphatic rings. The molecule has 0 radical (unpaired) electrons. The number of hydrogen-bond donors (Lipinski definition) is 1. The molecule has 1 aromatic heterocycles. The maximum absolute atomic E-state index is 10.5. The second-order valence-corrected chi connectivity index (χ2v) is 5.50. The number of aryl methyl sites for hydroxylation is 2. The summed E-state index contributed by atoms with van der Waals surface area (Å²) in [5.74, 6) is 0.568. The number of aliphatic hydroxyl groups excluding tert-OH is 1. The van der Waals surface area contributed by atoms with Gasteiger partial charge in [0, 0.05) is 0 Å². The van der Waals surface area contributed by atoms with Crippen molar-refractivity contribution in [2.24, 2.45) is 0 Å². The van der Waals surface area contributed by atoms with E-state index in [1.165, 1.54) is 11.1 Å². The summed E-state index contributed by atoms with van der Waals surface area (Å²) in [6, 6.07) is 5.75. The van der Waals surface area contributed by atoms with Crippen LogP contribution in [0.4, 0.5) is 0 Å². The normalized spacial score (nSPS) is 12.8. The van der Waals surface area contributed by atoms with Crippen molar-refractivity contribution >= 4 is 15.9 Å². The van der Waals surface area contributed by atoms with Gasteiger partial charge in [0.2, 0.25) is 0 Å². The van der Waals surface area contributed by atoms with Crippen LogP contribution in [0.2, 0.25) is 0 Å². The van der Waals surface area contributed by atoms with Crippen LogP contribution in [0.15, 0.2) is 27.3 Å². The molecular weight excluding hydrogens is 292 g/mol. The molecule has 2 rings (SSSR count). The third-order valence-corrected chi connectivity index (χ3v) is 3.99. The zero-order chi connectivity index (χ0) is 13.4. The van der Waals surface area contributed by atoms with Gasteiger partial charge in [0.25, 0.3) is 0 Å². The van der Waals surface area contributed by atoms with Crippen LogP contribution in [0.25, 0.3) is 0 Å². The Morgan fingerprint density at radius 2 is 1.61 bits per heavy atom. The topological polar surface area (TPSA) is 33.4 Å². The van der Waals surface area contributed by atoms with E-state index >= 15 is 0 Å². The van der Waals surface area contributed by atoms with Gasteiger partial charge in [-0.25, -0.2) is 0 Å². The maximum Gasteiger partial charge on any atom is 0.169 e. The third kappa shape index (κ3) is 2.25. The van der Waals surface area contributed by atoms with Gasteiger partial charge < -0.3 is 9.52 Å². The van der Waals surface area contributed by atoms with Crippen LogP contribution in [0.3, 0.4) is 0 Å². The van der Waals surface area contributed by atoms with Gasteiger partial charge in [-0.1, -0.05) is 6.07 Å². The van der Waals surface area contributed by atoms with Gasteiger partial charge in [0.1, 0.15) is 11.9 Å². The van der Waals surface area contributed by atoms with Crippen LogP contribution in [0.1, 0.15) is 39.7 Å². The molecule has 0 saturated carbocycles. The van der Waals surface area contributed by atoms with Crippen molar-refractivity contribution in [3.05, 3.63) is 56.4 Å². The summed E-state index contributed by atoms with van der Waals surface area (Å²) in [6.07, 6.45) is -0.713. The predicted octanol–water partition coefficient (Wildman–Crippen LogP) is 4.36. The minimum absolute atomic E-state index is 0.568. The molecular formula is C15H17BrO2. The van der Waals surface area contributed by atoms with Crippen molar-refractivity contribution in [2.75, 3.05) is 0 Å². The number of furan rings is 1. The highest BCUT2D eigenvalue weighted by Gasteiger charge is 2.20. The Morgan fingerprint density at radius 1 is 1.06 bits per heavy atom. The number of rotatable bonds is 2. The average Bonchev–Trinajstić information content (AvgIpc) is 2.73. The summed E-state index contributed by atoms with van der Waals surface area (Å²) in [4.78, 5) is 0. The Balaban J connectivity index is 2.57. The van der Waals surface area contributed by atoms with Crippen LogP contribution in [0, 0.1) is 27.7 Å². The molecule has 0 amide bonds. The summed E-state index contributed by atoms with van der Waals surface area (Å²) in [7, 11) is 0. The summed E-state index contributed by atoms with van der Waals surface area (Å²) in [5.41, 5.74) is 5.58. The maximum atomic E-state index is 10.5. The fraction of sp³-hybridized carbons (Fsp3) is 0.333. The summed E-state index contributed by atoms with van der Waals surface area (Å²) < 4.78 is 6.09. The second-order valence-electron chi connectivity index (χ2n) is 4.72. The van der Waals surface area contributed by atoms with Crippen molar-refractivity contribution in [3.8, 4) is 0 Å². The van der Waals surface area contributed by atoms with Crippen molar-refractivity contribution in [2.45, 2.75) is 33.8 Å². The Bertz CT molecular complexity index is 558. The molecule has 1 aromatic carbocycles. The Kier molecular flexibility index (Phi) is 3.64. The largest absolute Gasteiger partial charge is 0.451 e. The van der Waals surface area contributed by atoms with Crippen LogP contribution < -0.4 is 0 Å². The minimum Gasteiger partial charge on any atom is -0.451 e. The molecule has 0 bridgehead atoms. The van der Waals surface area contributed by atoms with E-state index < -0.39 is 6.10 Å². The van der Waals surface area contributed by atoms with Gasteiger partial charge in [0.05, 0.1) is 0 Å². The van der Waals surface area contributed by atoms with Gasteiger partial charge in [-0.3, -0.25) is 0 Å². The zero-order valence-electron chi connectivity index (χ0n) is 11.0. The SMILES string of the molecule is Cc1cc(C)c(C)c(C(O)c2ccc(Br)o2)c1C. The van der Waals surface area contributed by atoms with E-state index in [1.807, 2.05) is 13.8 Å². The Labute approximate surface area is 116 Å². The molecule has 96 valence electrons. The molecule has 0 saturated heterocycles. The van der Waals surface area contributed by atoms with Crippen LogP contribution in [-0.4, -0.2) is 5.11 Å². The number of hydrogen-bond acceptors (Lipinski definition) is 2. The quantitative estimate of drug-likeness (QED) is 0.894. The fourth-order valence-corrected chi connectivity index (χ4v) is 2.59. The minimum atomic E-state index is -0.713. The zero-order valence-corrected chi connectivity index (χ0v) is 12.6. The summed E-state index contributed by atoms with van der Waals surface area (Å²) in [5, 5.41) is 10.5. The van der Waals surface area contributed by atoms with Crippen molar-refractivity contribution < 1.29 is 9.52 Å². The van der Waals surface area contributed by atoms with E-state index in [9.17, 15) is 5.11 Å². The molecule has 2 nitrogen and oxygen atoms in total. The van der Waals surface area contributed by atoms with E-state index in [0.29, 0.717) is 10.4 Å². The molecule has 1 unspecified atom stereocenters. The van der Waals surface area contributed by atoms with E-state index in [-0.39, 0.29) is 0 Å². The standard InChI is InChI=1S/C15H17BrO2/c1-8-7-9(2)11(4)14(10(8)3)15(17)12-5-6-13(16)18-12/h5-7,15,17H,1-4H3. The molecule has 2 aromatic rings. The van der Waals surface area contributed by atoms with Crippen molar-refractivity contribution in [3.63, 3.8) is 0 Å². The lowest BCUT2D eigenvalue weighted by atomic mass is 9.90. The lowest BCUT2D eigenvalue weighted by molar-refractivity contribution is 0.186. The van der Waals surface area contributed by atoms with Gasteiger partial charge in [-0.05, 0) is 83.6 Å². The van der Waals surface area contributed by atoms with Gasteiger partial charge in [0.15, 0.2) is 4.67 Å². The van der Waals surface area contributed by atoms with Gasteiger partial charge in [-0.15, -0.1) is 0 Å². The first-order valence-corrected chi connectivity index (χ1v) is 6.71. The van der Waals surface area contributed by atoms with Crippen LogP contribution >= 0.6 is 15.9 Å². The third-order valence-electron chi connectivity index (χ3n) is 3.56. The molecule has 0 aliphatic heterocycles. The first-order chi connectivity index (χ1) is 8.41. The lowest BCUT2D eigenvalue weighted by Crippen LogP contribution is -2.06. The molecule has 3 heteroatoms. The molecule has 18 heavy (non-hydrogen) atoms. The first-order valence-electron chi connectivity index (χ1n) is 5.92. The molecule has 0 fully saturated rings. The molecule has 1 atom stereocenters. The van der Waals surface area contributed by atoms with E-state index in [4.69, 9.17) is 4.42 Å². The van der Waals surface area contributed by atoms with Crippen LogP contribution in [-0.2, 0) is 0 Å². The fourth-order valence-electron chi connectivity index (χ4n) is 2.28. The van der Waals surface area contributed by atoms with Crippen molar-refractivity contribution in [1.29, 1.82) is 0 Å². The number of aliphatic hydroxyl groups is 1. The molecule has 0 aliphatic carbocycles. The average molecular weight is 309 g/mol. The monoisotopic (exact) mass is 308 g/mol. The summed E-state index contributed by atoms with van der Waals surface area (Å²) >= 11 is 3.26. The highest BCUT2D eigenvalue weighted by Crippen LogP contribution is 2.32. The Morgan fingerprint density at radius 3 is 2.06 bits per heavy atom. The predicted molar refractivity (Wildman–Crippen MR) is 75.9 cm³/mol. The number of halogens is 1. The van der Waals surface area contributed by atoms with Gasteiger partial charge in [-0.2, -0.15) is 0 Å². The molecule has 1 heterocycles. The molecule has 0 spiro atoms. The van der Waals surface area contributed by atoms with Crippen LogP contribution in [0.5, 0.6) is 0 Å². The van der Waals surface area contributed by atoms with Crippen molar-refractivity contribution in [1.82, 2.24) is 0 Å². The number of benzene rings is 1. The van der Waals surface area contributed by atoms with E-state index in [0.717, 1.165) is 16.7 Å². The lowest BCUT2D eigenvalue weighted by Gasteiger charge is -2.18. The molecule has 1 N–H and O–H groups in total. The smallest absolute Gasteiger partial charge is 0.169 e. The Hall–Kier alpha value is -1.06. The van der Waals surface area contributed by atoms with E-state index in [2.05, 4.69) is 35.8 Å². The van der Waals surface area contributed by atoms with Gasteiger partial charge >= 0.3 is 0 Å². The first kappa shape index (κ1) is 13.4. The highest BCUT2D eigenvalue weighted by atomic mass is 79.9.